The molecule has 2 aromatic rings. The first kappa shape index (κ1) is 24.8. The van der Waals surface area contributed by atoms with Crippen molar-refractivity contribution < 1.29 is 30.3 Å². The number of benzene rings is 2. The predicted octanol–water partition coefficient (Wildman–Crippen LogP) is 2.00. The predicted molar refractivity (Wildman–Crippen MR) is 116 cm³/mol. The highest BCUT2D eigenvalue weighted by molar-refractivity contribution is 5.51. The second kappa shape index (κ2) is 10.7. The molecule has 0 aromatic heterocycles. The van der Waals surface area contributed by atoms with Crippen molar-refractivity contribution in [1.29, 1.82) is 5.26 Å². The molecule has 3 rings (SSSR count). The molecule has 1 saturated heterocycles. The summed E-state index contributed by atoms with van der Waals surface area (Å²) in [6, 6.07) is 13.9. The van der Waals surface area contributed by atoms with E-state index in [2.05, 4.69) is 44.2 Å². The van der Waals surface area contributed by atoms with E-state index >= 15 is 0 Å². The molecule has 7 heteroatoms. The number of hydrogen-bond donors (Lipinski definition) is 3. The lowest BCUT2D eigenvalue weighted by molar-refractivity contribution is -0.180. The van der Waals surface area contributed by atoms with Crippen molar-refractivity contribution in [3.8, 4) is 11.8 Å². The Kier molecular flexibility index (Phi) is 8.57. The van der Waals surface area contributed by atoms with Crippen LogP contribution in [0.25, 0.3) is 0 Å². The van der Waals surface area contributed by atoms with Crippen LogP contribution in [0.4, 0.5) is 0 Å². The molecule has 1 heterocycles. The van der Waals surface area contributed by atoms with E-state index in [0.717, 1.165) is 11.1 Å². The van der Waals surface area contributed by atoms with Crippen LogP contribution in [-0.4, -0.2) is 52.8 Å². The van der Waals surface area contributed by atoms with Crippen molar-refractivity contribution in [2.45, 2.75) is 57.0 Å². The van der Waals surface area contributed by atoms with Gasteiger partial charge in [-0.3, -0.25) is 0 Å². The number of methoxy groups -OCH3 is 1. The first-order valence-corrected chi connectivity index (χ1v) is 10.2. The lowest BCUT2D eigenvalue weighted by Crippen LogP contribution is -2.44. The fourth-order valence-corrected chi connectivity index (χ4v) is 3.86. The highest BCUT2D eigenvalue weighted by atomic mass is 16.5. The van der Waals surface area contributed by atoms with Crippen molar-refractivity contribution in [2.75, 3.05) is 13.7 Å². The molecule has 1 aliphatic rings. The SMILES string of the molecule is COc1cc(C#N)c(Cc2ccc(C(C)C)cc2)cc1[C@@H]1O[C@H](CO)C[C@H](O)[C@H]1O.O. The maximum Gasteiger partial charge on any atom is 0.126 e. The molecule has 0 radical (unpaired) electrons. The Bertz CT molecular complexity index is 906. The largest absolute Gasteiger partial charge is 0.496 e. The molecule has 0 saturated carbocycles. The molecule has 0 bridgehead atoms. The van der Waals surface area contributed by atoms with Gasteiger partial charge in [-0.05, 0) is 41.2 Å². The molecule has 0 amide bonds. The molecule has 7 nitrogen and oxygen atoms in total. The van der Waals surface area contributed by atoms with Gasteiger partial charge in [-0.2, -0.15) is 5.26 Å². The summed E-state index contributed by atoms with van der Waals surface area (Å²) in [4.78, 5) is 0. The van der Waals surface area contributed by atoms with Crippen LogP contribution in [0.1, 0.15) is 60.1 Å². The third-order valence-corrected chi connectivity index (χ3v) is 5.67. The zero-order valence-corrected chi connectivity index (χ0v) is 18.1. The van der Waals surface area contributed by atoms with E-state index < -0.39 is 24.4 Å². The molecule has 0 unspecified atom stereocenters. The van der Waals surface area contributed by atoms with Gasteiger partial charge < -0.3 is 30.3 Å². The van der Waals surface area contributed by atoms with Crippen molar-refractivity contribution in [3.05, 3.63) is 64.2 Å². The van der Waals surface area contributed by atoms with E-state index in [-0.39, 0.29) is 18.5 Å². The van der Waals surface area contributed by atoms with Crippen LogP contribution in [0, 0.1) is 11.3 Å². The van der Waals surface area contributed by atoms with E-state index in [1.54, 1.807) is 12.1 Å². The Hall–Kier alpha value is -2.47. The number of aliphatic hydroxyl groups excluding tert-OH is 3. The summed E-state index contributed by atoms with van der Waals surface area (Å²) in [6.07, 6.45) is -2.94. The standard InChI is InChI=1S/C24H29NO5.H2O/c1-14(2)16-6-4-15(5-7-16)8-17-9-20(22(29-3)10-18(17)12-25)24-23(28)21(27)11-19(13-26)30-24;/h4-7,9-10,14,19,21,23-24,26-28H,8,11,13H2,1-3H3;1H2/t19-,21-,23+,24-;/m0./s1. The lowest BCUT2D eigenvalue weighted by Gasteiger charge is -2.37. The fourth-order valence-electron chi connectivity index (χ4n) is 3.86. The lowest BCUT2D eigenvalue weighted by atomic mass is 9.89. The molecule has 4 atom stereocenters. The monoisotopic (exact) mass is 429 g/mol. The van der Waals surface area contributed by atoms with Gasteiger partial charge in [0.25, 0.3) is 0 Å². The first-order valence-electron chi connectivity index (χ1n) is 10.2. The molecule has 5 N–H and O–H groups in total. The van der Waals surface area contributed by atoms with Crippen LogP contribution in [-0.2, 0) is 11.2 Å². The zero-order valence-electron chi connectivity index (χ0n) is 18.1. The quantitative estimate of drug-likeness (QED) is 0.643. The maximum atomic E-state index is 10.5. The van der Waals surface area contributed by atoms with E-state index in [9.17, 15) is 20.6 Å². The molecule has 31 heavy (non-hydrogen) atoms. The van der Waals surface area contributed by atoms with Gasteiger partial charge in [0.2, 0.25) is 0 Å². The summed E-state index contributed by atoms with van der Waals surface area (Å²) in [7, 11) is 1.49. The Morgan fingerprint density at radius 3 is 2.42 bits per heavy atom. The molecule has 0 aliphatic carbocycles. The van der Waals surface area contributed by atoms with E-state index in [0.29, 0.717) is 29.2 Å². The Labute approximate surface area is 182 Å². The van der Waals surface area contributed by atoms with Gasteiger partial charge in [0, 0.05) is 12.0 Å². The van der Waals surface area contributed by atoms with Crippen LogP contribution in [0.15, 0.2) is 36.4 Å². The third-order valence-electron chi connectivity index (χ3n) is 5.67. The van der Waals surface area contributed by atoms with Crippen molar-refractivity contribution >= 4 is 0 Å². The molecule has 0 spiro atoms. The number of aliphatic hydroxyl groups is 3. The summed E-state index contributed by atoms with van der Waals surface area (Å²) >= 11 is 0. The van der Waals surface area contributed by atoms with Gasteiger partial charge >= 0.3 is 0 Å². The van der Waals surface area contributed by atoms with Crippen molar-refractivity contribution in [2.24, 2.45) is 0 Å². The molecular weight excluding hydrogens is 398 g/mol. The van der Waals surface area contributed by atoms with Gasteiger partial charge in [-0.15, -0.1) is 0 Å². The summed E-state index contributed by atoms with van der Waals surface area (Å²) in [6.45, 7) is 4.03. The van der Waals surface area contributed by atoms with Gasteiger partial charge in [-0.1, -0.05) is 38.1 Å². The zero-order chi connectivity index (χ0) is 21.8. The smallest absolute Gasteiger partial charge is 0.126 e. The average molecular weight is 430 g/mol. The van der Waals surface area contributed by atoms with E-state index in [1.807, 2.05) is 0 Å². The van der Waals surface area contributed by atoms with Gasteiger partial charge in [0.1, 0.15) is 18.0 Å². The summed E-state index contributed by atoms with van der Waals surface area (Å²) < 4.78 is 11.3. The number of hydrogen-bond acceptors (Lipinski definition) is 6. The second-order valence-corrected chi connectivity index (χ2v) is 8.09. The normalized spacial score (nSPS) is 23.2. The average Bonchev–Trinajstić information content (AvgIpc) is 2.75. The van der Waals surface area contributed by atoms with Crippen LogP contribution in [0.5, 0.6) is 5.75 Å². The van der Waals surface area contributed by atoms with E-state index in [1.165, 1.54) is 12.7 Å². The minimum atomic E-state index is -1.16. The van der Waals surface area contributed by atoms with Crippen LogP contribution >= 0.6 is 0 Å². The molecule has 168 valence electrons. The third kappa shape index (κ3) is 5.42. The van der Waals surface area contributed by atoms with Gasteiger partial charge in [0.05, 0.1) is 37.6 Å². The van der Waals surface area contributed by atoms with E-state index in [4.69, 9.17) is 9.47 Å². The summed E-state index contributed by atoms with van der Waals surface area (Å²) in [5, 5.41) is 39.9. The molecule has 1 fully saturated rings. The topological polar surface area (TPSA) is 134 Å². The minimum Gasteiger partial charge on any atom is -0.496 e. The maximum absolute atomic E-state index is 10.5. The van der Waals surface area contributed by atoms with Crippen LogP contribution < -0.4 is 4.74 Å². The highest BCUT2D eigenvalue weighted by Crippen LogP contribution is 2.38. The summed E-state index contributed by atoms with van der Waals surface area (Å²) in [5.74, 6) is 0.845. The highest BCUT2D eigenvalue weighted by Gasteiger charge is 2.39. The summed E-state index contributed by atoms with van der Waals surface area (Å²) in [5.41, 5.74) is 4.12. The first-order chi connectivity index (χ1) is 14.4. The Morgan fingerprint density at radius 2 is 1.87 bits per heavy atom. The van der Waals surface area contributed by atoms with Crippen molar-refractivity contribution in [1.82, 2.24) is 0 Å². The second-order valence-electron chi connectivity index (χ2n) is 8.09. The number of rotatable bonds is 6. The fraction of sp³-hybridized carbons (Fsp3) is 0.458. The number of nitrogens with zero attached hydrogens (tertiary/aromatic N) is 1. The van der Waals surface area contributed by atoms with Crippen LogP contribution in [0.3, 0.4) is 0 Å². The van der Waals surface area contributed by atoms with Crippen LogP contribution in [0.2, 0.25) is 0 Å². The minimum absolute atomic E-state index is 0. The Balaban J connectivity index is 0.00000341. The van der Waals surface area contributed by atoms with Crippen molar-refractivity contribution in [3.63, 3.8) is 0 Å². The van der Waals surface area contributed by atoms with Gasteiger partial charge in [0.15, 0.2) is 0 Å². The molecular formula is C24H31NO6. The van der Waals surface area contributed by atoms with Gasteiger partial charge in [-0.25, -0.2) is 0 Å². The number of nitriles is 1. The Morgan fingerprint density at radius 1 is 1.19 bits per heavy atom. The molecule has 2 aromatic carbocycles. The number of ether oxygens (including phenoxy) is 2. The molecule has 1 aliphatic heterocycles.